The molecule has 1 heterocycles. The van der Waals surface area contributed by atoms with Gasteiger partial charge in [-0.05, 0) is 41.8 Å². The van der Waals surface area contributed by atoms with Gasteiger partial charge >= 0.3 is 12.5 Å². The summed E-state index contributed by atoms with van der Waals surface area (Å²) in [6.07, 6.45) is -6.41. The fraction of sp³-hybridized carbons (Fsp3) is 0.300. The monoisotopic (exact) mass is 390 g/mol. The molecule has 1 amide bonds. The van der Waals surface area contributed by atoms with Crippen LogP contribution in [0.15, 0.2) is 48.5 Å². The molecule has 28 heavy (non-hydrogen) atoms. The summed E-state index contributed by atoms with van der Waals surface area (Å²) >= 11 is 0. The highest BCUT2D eigenvalue weighted by Crippen LogP contribution is 2.31. The zero-order chi connectivity index (χ0) is 20.3. The van der Waals surface area contributed by atoms with Crippen LogP contribution in [0.2, 0.25) is 0 Å². The molecule has 0 spiro atoms. The van der Waals surface area contributed by atoms with Gasteiger partial charge in [0.15, 0.2) is 0 Å². The molecule has 8 heteroatoms. The Balaban J connectivity index is 1.69. The first kappa shape index (κ1) is 19.5. The van der Waals surface area contributed by atoms with Crippen LogP contribution in [0.4, 0.5) is 18.0 Å². The minimum absolute atomic E-state index is 0.0154. The number of nitriles is 1. The third-order valence-electron chi connectivity index (χ3n) is 4.51. The van der Waals surface area contributed by atoms with Gasteiger partial charge in [0.2, 0.25) is 0 Å². The van der Waals surface area contributed by atoms with Crippen molar-refractivity contribution in [3.8, 4) is 22.9 Å². The third kappa shape index (κ3) is 4.36. The Hall–Kier alpha value is -3.21. The van der Waals surface area contributed by atoms with Crippen LogP contribution in [0.5, 0.6) is 5.75 Å². The molecule has 1 fully saturated rings. The molecular weight excluding hydrogens is 373 g/mol. The molecule has 1 aliphatic rings. The second-order valence-corrected chi connectivity index (χ2v) is 6.32. The third-order valence-corrected chi connectivity index (χ3v) is 4.51. The van der Waals surface area contributed by atoms with Crippen LogP contribution in [0.3, 0.4) is 0 Å². The van der Waals surface area contributed by atoms with Gasteiger partial charge in [-0.25, -0.2) is 4.79 Å². The van der Waals surface area contributed by atoms with Crippen LogP contribution in [0, 0.1) is 11.3 Å². The van der Waals surface area contributed by atoms with E-state index in [-0.39, 0.29) is 6.54 Å². The van der Waals surface area contributed by atoms with E-state index in [2.05, 4.69) is 10.8 Å². The first-order valence-electron chi connectivity index (χ1n) is 8.64. The number of halogens is 3. The van der Waals surface area contributed by atoms with Crippen molar-refractivity contribution in [3.05, 3.63) is 54.1 Å². The lowest BCUT2D eigenvalue weighted by Gasteiger charge is -2.46. The van der Waals surface area contributed by atoms with Crippen molar-refractivity contribution in [3.63, 3.8) is 0 Å². The van der Waals surface area contributed by atoms with Gasteiger partial charge in [-0.15, -0.1) is 13.2 Å². The van der Waals surface area contributed by atoms with Crippen LogP contribution < -0.4 is 4.74 Å². The van der Waals surface area contributed by atoms with E-state index >= 15 is 0 Å². The van der Waals surface area contributed by atoms with Crippen LogP contribution in [-0.2, 0) is 4.74 Å². The van der Waals surface area contributed by atoms with Crippen molar-refractivity contribution in [1.29, 1.82) is 5.26 Å². The first-order valence-corrected chi connectivity index (χ1v) is 8.64. The van der Waals surface area contributed by atoms with Crippen LogP contribution in [-0.4, -0.2) is 36.0 Å². The standard InChI is InChI=1S/C20H17F3N2O3/c1-2-17-18(12-25(17)19(26)28-20(21,22)23)27-16-8-4-7-15(10-16)14-6-3-5-13(9-14)11-24/h3-10,17-18H,2,12H2,1H3. The molecule has 3 rings (SSSR count). The van der Waals surface area contributed by atoms with E-state index in [1.54, 1.807) is 43.3 Å². The van der Waals surface area contributed by atoms with Gasteiger partial charge in [-0.3, -0.25) is 4.90 Å². The van der Waals surface area contributed by atoms with Gasteiger partial charge < -0.3 is 9.47 Å². The summed E-state index contributed by atoms with van der Waals surface area (Å²) < 4.78 is 46.1. The molecule has 0 saturated carbocycles. The van der Waals surface area contributed by atoms with E-state index in [1.807, 2.05) is 12.1 Å². The number of nitrogens with zero attached hydrogens (tertiary/aromatic N) is 2. The predicted octanol–water partition coefficient (Wildman–Crippen LogP) is 4.72. The molecule has 2 aromatic rings. The average molecular weight is 390 g/mol. The van der Waals surface area contributed by atoms with Gasteiger partial charge in [0, 0.05) is 0 Å². The molecule has 0 aliphatic carbocycles. The number of likely N-dealkylation sites (tertiary alicyclic amines) is 1. The molecule has 2 unspecified atom stereocenters. The maximum Gasteiger partial charge on any atom is 0.576 e. The molecule has 5 nitrogen and oxygen atoms in total. The van der Waals surface area contributed by atoms with Gasteiger partial charge in [0.05, 0.1) is 24.2 Å². The van der Waals surface area contributed by atoms with Crippen molar-refractivity contribution in [2.75, 3.05) is 6.54 Å². The second kappa shape index (κ2) is 7.80. The summed E-state index contributed by atoms with van der Waals surface area (Å²) in [4.78, 5) is 12.6. The van der Waals surface area contributed by atoms with E-state index < -0.39 is 24.6 Å². The normalized spacial score (nSPS) is 18.8. The molecule has 2 aromatic carbocycles. The lowest BCUT2D eigenvalue weighted by atomic mass is 9.97. The second-order valence-electron chi connectivity index (χ2n) is 6.32. The van der Waals surface area contributed by atoms with E-state index in [9.17, 15) is 18.0 Å². The summed E-state index contributed by atoms with van der Waals surface area (Å²) in [5.74, 6) is 0.534. The zero-order valence-electron chi connectivity index (χ0n) is 14.9. The first-order chi connectivity index (χ1) is 13.3. The van der Waals surface area contributed by atoms with Gasteiger partial charge in [-0.1, -0.05) is 31.2 Å². The van der Waals surface area contributed by atoms with Crippen molar-refractivity contribution in [1.82, 2.24) is 4.90 Å². The largest absolute Gasteiger partial charge is 0.576 e. The van der Waals surface area contributed by atoms with E-state index in [0.717, 1.165) is 16.0 Å². The van der Waals surface area contributed by atoms with Crippen LogP contribution >= 0.6 is 0 Å². The highest BCUT2D eigenvalue weighted by atomic mass is 19.4. The Bertz CT molecular complexity index is 908. The number of alkyl halides is 3. The Morgan fingerprint density at radius 3 is 2.54 bits per heavy atom. The number of benzene rings is 2. The maximum absolute atomic E-state index is 12.2. The topological polar surface area (TPSA) is 62.6 Å². The van der Waals surface area contributed by atoms with Gasteiger partial charge in [0.25, 0.3) is 0 Å². The lowest BCUT2D eigenvalue weighted by Crippen LogP contribution is -2.64. The highest BCUT2D eigenvalue weighted by Gasteiger charge is 2.46. The smallest absolute Gasteiger partial charge is 0.486 e. The number of hydrogen-bond donors (Lipinski definition) is 0. The molecular formula is C20H17F3N2O3. The van der Waals surface area contributed by atoms with Crippen LogP contribution in [0.25, 0.3) is 11.1 Å². The van der Waals surface area contributed by atoms with Crippen molar-refractivity contribution < 1.29 is 27.4 Å². The van der Waals surface area contributed by atoms with E-state index in [4.69, 9.17) is 10.00 Å². The number of carbonyl (C=O) groups is 1. The summed E-state index contributed by atoms with van der Waals surface area (Å²) in [5, 5.41) is 9.03. The number of rotatable bonds is 4. The average Bonchev–Trinajstić information content (AvgIpc) is 2.64. The number of ether oxygens (including phenoxy) is 2. The Morgan fingerprint density at radius 2 is 1.89 bits per heavy atom. The molecule has 0 aromatic heterocycles. The molecule has 0 radical (unpaired) electrons. The summed E-state index contributed by atoms with van der Waals surface area (Å²) in [6, 6.07) is 15.9. The van der Waals surface area contributed by atoms with Crippen molar-refractivity contribution in [2.45, 2.75) is 31.9 Å². The maximum atomic E-state index is 12.2. The van der Waals surface area contributed by atoms with Crippen molar-refractivity contribution >= 4 is 6.09 Å². The predicted molar refractivity (Wildman–Crippen MR) is 94.3 cm³/mol. The Morgan fingerprint density at radius 1 is 1.21 bits per heavy atom. The highest BCUT2D eigenvalue weighted by molar-refractivity contribution is 5.70. The SMILES string of the molecule is CCC1C(Oc2cccc(-c3cccc(C#N)c3)c2)CN1C(=O)OC(F)(F)F. The summed E-state index contributed by atoms with van der Waals surface area (Å²) in [7, 11) is 0. The molecule has 0 N–H and O–H groups in total. The summed E-state index contributed by atoms with van der Waals surface area (Å²) in [5.41, 5.74) is 2.23. The fourth-order valence-corrected chi connectivity index (χ4v) is 3.17. The van der Waals surface area contributed by atoms with Gasteiger partial charge in [0.1, 0.15) is 11.9 Å². The number of amides is 1. The quantitative estimate of drug-likeness (QED) is 0.758. The molecule has 1 aliphatic heterocycles. The summed E-state index contributed by atoms with van der Waals surface area (Å²) in [6.45, 7) is 1.78. The minimum atomic E-state index is -5.01. The molecule has 2 atom stereocenters. The van der Waals surface area contributed by atoms with Crippen LogP contribution in [0.1, 0.15) is 18.9 Å². The zero-order valence-corrected chi connectivity index (χ0v) is 14.9. The Kier molecular flexibility index (Phi) is 5.45. The lowest BCUT2D eigenvalue weighted by molar-refractivity contribution is -0.297. The van der Waals surface area contributed by atoms with Gasteiger partial charge in [-0.2, -0.15) is 5.26 Å². The number of carbonyl (C=O) groups excluding carboxylic acids is 1. The molecule has 0 bridgehead atoms. The number of hydrogen-bond acceptors (Lipinski definition) is 4. The Labute approximate surface area is 159 Å². The fourth-order valence-electron chi connectivity index (χ4n) is 3.17. The molecule has 1 saturated heterocycles. The molecule has 146 valence electrons. The van der Waals surface area contributed by atoms with E-state index in [1.165, 1.54) is 0 Å². The minimum Gasteiger partial charge on any atom is -0.486 e. The van der Waals surface area contributed by atoms with E-state index in [0.29, 0.717) is 17.7 Å². The van der Waals surface area contributed by atoms with Crippen molar-refractivity contribution in [2.24, 2.45) is 0 Å².